The third kappa shape index (κ3) is 5.49. The first-order chi connectivity index (χ1) is 9.19. The Bertz CT molecular complexity index is 366. The summed E-state index contributed by atoms with van der Waals surface area (Å²) in [6, 6.07) is 5.86. The average molecular weight is 267 g/mol. The molecule has 0 amide bonds. The van der Waals surface area contributed by atoms with Crippen molar-refractivity contribution in [3.05, 3.63) is 23.8 Å². The second kappa shape index (κ2) is 8.77. The molecule has 0 bridgehead atoms. The largest absolute Gasteiger partial charge is 0.493 e. The highest BCUT2D eigenvalue weighted by Gasteiger charge is 2.10. The summed E-state index contributed by atoms with van der Waals surface area (Å²) in [7, 11) is 1.65. The molecule has 1 aromatic carbocycles. The van der Waals surface area contributed by atoms with Crippen molar-refractivity contribution in [3.8, 4) is 11.5 Å². The molecule has 1 aromatic rings. The second-order valence-electron chi connectivity index (χ2n) is 4.88. The van der Waals surface area contributed by atoms with E-state index < -0.39 is 0 Å². The van der Waals surface area contributed by atoms with Gasteiger partial charge in [0.2, 0.25) is 0 Å². The van der Waals surface area contributed by atoms with Gasteiger partial charge in [0, 0.05) is 18.7 Å². The Balaban J connectivity index is 2.71. The topological polar surface area (TPSA) is 50.7 Å². The van der Waals surface area contributed by atoms with Crippen molar-refractivity contribution < 1.29 is 14.6 Å². The average Bonchev–Trinajstić information content (AvgIpc) is 2.40. The summed E-state index contributed by atoms with van der Waals surface area (Å²) in [5, 5.41) is 12.0. The van der Waals surface area contributed by atoms with Crippen molar-refractivity contribution in [2.24, 2.45) is 5.92 Å². The molecule has 4 heteroatoms. The van der Waals surface area contributed by atoms with Crippen molar-refractivity contribution in [2.75, 3.05) is 26.9 Å². The molecule has 0 saturated carbocycles. The zero-order chi connectivity index (χ0) is 14.1. The second-order valence-corrected chi connectivity index (χ2v) is 4.88. The van der Waals surface area contributed by atoms with Gasteiger partial charge in [0.15, 0.2) is 11.5 Å². The SMILES string of the molecule is COc1cccc(CNCCO)c1OCCC(C)C. The van der Waals surface area contributed by atoms with Crippen LogP contribution >= 0.6 is 0 Å². The number of hydrogen-bond donors (Lipinski definition) is 2. The minimum Gasteiger partial charge on any atom is -0.493 e. The quantitative estimate of drug-likeness (QED) is 0.674. The van der Waals surface area contributed by atoms with Crippen molar-refractivity contribution in [3.63, 3.8) is 0 Å². The molecule has 0 atom stereocenters. The standard InChI is InChI=1S/C15H25NO3/c1-12(2)7-10-19-15-13(11-16-8-9-17)5-4-6-14(15)18-3/h4-6,12,16-17H,7-11H2,1-3H3. The fourth-order valence-electron chi connectivity index (χ4n) is 1.72. The summed E-state index contributed by atoms with van der Waals surface area (Å²) in [5.41, 5.74) is 1.05. The van der Waals surface area contributed by atoms with E-state index in [2.05, 4.69) is 19.2 Å². The van der Waals surface area contributed by atoms with E-state index in [1.165, 1.54) is 0 Å². The maximum atomic E-state index is 8.80. The number of nitrogens with one attached hydrogen (secondary N) is 1. The van der Waals surface area contributed by atoms with Gasteiger partial charge in [-0.1, -0.05) is 26.0 Å². The van der Waals surface area contributed by atoms with Crippen molar-refractivity contribution in [1.82, 2.24) is 5.32 Å². The first kappa shape index (κ1) is 15.8. The summed E-state index contributed by atoms with van der Waals surface area (Å²) < 4.78 is 11.2. The Labute approximate surface area is 115 Å². The van der Waals surface area contributed by atoms with E-state index in [9.17, 15) is 0 Å². The van der Waals surface area contributed by atoms with Crippen LogP contribution in [0.1, 0.15) is 25.8 Å². The number of methoxy groups -OCH3 is 1. The number of aliphatic hydroxyl groups excluding tert-OH is 1. The summed E-state index contributed by atoms with van der Waals surface area (Å²) in [6.07, 6.45) is 1.02. The van der Waals surface area contributed by atoms with Crippen LogP contribution in [0.4, 0.5) is 0 Å². The van der Waals surface area contributed by atoms with Gasteiger partial charge in [0.05, 0.1) is 20.3 Å². The van der Waals surface area contributed by atoms with Crippen LogP contribution in [0.5, 0.6) is 11.5 Å². The zero-order valence-electron chi connectivity index (χ0n) is 12.1. The summed E-state index contributed by atoms with van der Waals surface area (Å²) in [6.45, 7) is 6.40. The lowest BCUT2D eigenvalue weighted by Gasteiger charge is -2.16. The fourth-order valence-corrected chi connectivity index (χ4v) is 1.72. The molecule has 0 spiro atoms. The van der Waals surface area contributed by atoms with E-state index in [4.69, 9.17) is 14.6 Å². The third-order valence-electron chi connectivity index (χ3n) is 2.83. The predicted octanol–water partition coefficient (Wildman–Crippen LogP) is 2.20. The first-order valence-electron chi connectivity index (χ1n) is 6.79. The normalized spacial score (nSPS) is 10.8. The maximum absolute atomic E-state index is 8.80. The van der Waals surface area contributed by atoms with Crippen LogP contribution in [0.15, 0.2) is 18.2 Å². The molecule has 2 N–H and O–H groups in total. The van der Waals surface area contributed by atoms with E-state index >= 15 is 0 Å². The first-order valence-corrected chi connectivity index (χ1v) is 6.79. The number of aliphatic hydroxyl groups is 1. The van der Waals surface area contributed by atoms with Gasteiger partial charge < -0.3 is 19.9 Å². The van der Waals surface area contributed by atoms with Crippen LogP contribution in [0.25, 0.3) is 0 Å². The Kier molecular flexibility index (Phi) is 7.30. The summed E-state index contributed by atoms with van der Waals surface area (Å²) in [4.78, 5) is 0. The third-order valence-corrected chi connectivity index (χ3v) is 2.83. The van der Waals surface area contributed by atoms with Crippen molar-refractivity contribution in [1.29, 1.82) is 0 Å². The highest BCUT2D eigenvalue weighted by atomic mass is 16.5. The molecule has 108 valence electrons. The number of benzene rings is 1. The van der Waals surface area contributed by atoms with Crippen LogP contribution in [0, 0.1) is 5.92 Å². The van der Waals surface area contributed by atoms with Gasteiger partial charge in [-0.2, -0.15) is 0 Å². The molecule has 0 aliphatic heterocycles. The van der Waals surface area contributed by atoms with Crippen LogP contribution in [-0.4, -0.2) is 32.0 Å². The molecule has 0 aliphatic carbocycles. The molecular formula is C15H25NO3. The molecule has 4 nitrogen and oxygen atoms in total. The minimum absolute atomic E-state index is 0.132. The van der Waals surface area contributed by atoms with E-state index in [1.54, 1.807) is 7.11 Å². The molecule has 0 radical (unpaired) electrons. The lowest BCUT2D eigenvalue weighted by molar-refractivity contribution is 0.268. The molecule has 0 saturated heterocycles. The minimum atomic E-state index is 0.132. The van der Waals surface area contributed by atoms with Gasteiger partial charge in [-0.25, -0.2) is 0 Å². The summed E-state index contributed by atoms with van der Waals surface area (Å²) >= 11 is 0. The molecule has 1 rings (SSSR count). The van der Waals surface area contributed by atoms with Crippen molar-refractivity contribution >= 4 is 0 Å². The smallest absolute Gasteiger partial charge is 0.165 e. The number of hydrogen-bond acceptors (Lipinski definition) is 4. The van der Waals surface area contributed by atoms with E-state index in [-0.39, 0.29) is 6.61 Å². The number of ether oxygens (including phenoxy) is 2. The Hall–Kier alpha value is -1.26. The van der Waals surface area contributed by atoms with Gasteiger partial charge in [-0.15, -0.1) is 0 Å². The highest BCUT2D eigenvalue weighted by Crippen LogP contribution is 2.31. The monoisotopic (exact) mass is 267 g/mol. The molecule has 0 heterocycles. The van der Waals surface area contributed by atoms with Gasteiger partial charge >= 0.3 is 0 Å². The maximum Gasteiger partial charge on any atom is 0.165 e. The molecular weight excluding hydrogens is 242 g/mol. The van der Waals surface area contributed by atoms with Gasteiger partial charge in [-0.05, 0) is 18.4 Å². The van der Waals surface area contributed by atoms with E-state index in [1.807, 2.05) is 18.2 Å². The highest BCUT2D eigenvalue weighted by molar-refractivity contribution is 5.46. The zero-order valence-corrected chi connectivity index (χ0v) is 12.1. The lowest BCUT2D eigenvalue weighted by atomic mass is 10.1. The van der Waals surface area contributed by atoms with Gasteiger partial charge in [-0.3, -0.25) is 0 Å². The molecule has 0 fully saturated rings. The molecule has 0 aromatic heterocycles. The Morgan fingerprint density at radius 2 is 2.11 bits per heavy atom. The van der Waals surface area contributed by atoms with Crippen LogP contribution in [-0.2, 0) is 6.54 Å². The lowest BCUT2D eigenvalue weighted by Crippen LogP contribution is -2.18. The molecule has 19 heavy (non-hydrogen) atoms. The fraction of sp³-hybridized carbons (Fsp3) is 0.600. The predicted molar refractivity (Wildman–Crippen MR) is 76.7 cm³/mol. The van der Waals surface area contributed by atoms with Crippen LogP contribution in [0.3, 0.4) is 0 Å². The summed E-state index contributed by atoms with van der Waals surface area (Å²) in [5.74, 6) is 2.17. The van der Waals surface area contributed by atoms with Gasteiger partial charge in [0.25, 0.3) is 0 Å². The van der Waals surface area contributed by atoms with Crippen LogP contribution in [0.2, 0.25) is 0 Å². The van der Waals surface area contributed by atoms with Crippen molar-refractivity contribution in [2.45, 2.75) is 26.8 Å². The van der Waals surface area contributed by atoms with E-state index in [0.717, 1.165) is 23.5 Å². The Morgan fingerprint density at radius 3 is 2.74 bits per heavy atom. The molecule has 0 unspecified atom stereocenters. The number of rotatable bonds is 9. The number of para-hydroxylation sites is 1. The van der Waals surface area contributed by atoms with Gasteiger partial charge in [0.1, 0.15) is 0 Å². The Morgan fingerprint density at radius 1 is 1.32 bits per heavy atom. The van der Waals surface area contributed by atoms with E-state index in [0.29, 0.717) is 25.6 Å². The molecule has 0 aliphatic rings. The van der Waals surface area contributed by atoms with Crippen LogP contribution < -0.4 is 14.8 Å².